The molecule has 0 amide bonds. The second-order valence-electron chi connectivity index (χ2n) is 12.9. The molecule has 42 heavy (non-hydrogen) atoms. The van der Waals surface area contributed by atoms with Gasteiger partial charge in [0.05, 0.1) is 17.3 Å². The second-order valence-corrected chi connectivity index (χ2v) is 12.9. The molecule has 1 aromatic carbocycles. The maximum absolute atomic E-state index is 13.5. The Morgan fingerprint density at radius 2 is 1.67 bits per heavy atom. The normalized spacial score (nSPS) is 50.3. The third-order valence-electron chi connectivity index (χ3n) is 10.3. The van der Waals surface area contributed by atoms with Crippen molar-refractivity contribution in [3.05, 3.63) is 59.7 Å². The van der Waals surface area contributed by atoms with Gasteiger partial charge in [-0.3, -0.25) is 4.79 Å². The third kappa shape index (κ3) is 3.41. The van der Waals surface area contributed by atoms with Crippen LogP contribution in [0.4, 0.5) is 0 Å². The van der Waals surface area contributed by atoms with Gasteiger partial charge in [0, 0.05) is 31.6 Å². The molecule has 0 spiro atoms. The average Bonchev–Trinajstić information content (AvgIpc) is 3.30. The Kier molecular flexibility index (Phi) is 6.27. The number of hydrogen-bond acceptors (Lipinski definition) is 11. The lowest BCUT2D eigenvalue weighted by Crippen LogP contribution is -2.77. The Balaban J connectivity index is 1.61. The van der Waals surface area contributed by atoms with E-state index in [0.29, 0.717) is 16.7 Å². The van der Waals surface area contributed by atoms with E-state index in [-0.39, 0.29) is 0 Å². The van der Waals surface area contributed by atoms with E-state index in [2.05, 4.69) is 6.58 Å². The van der Waals surface area contributed by atoms with Crippen LogP contribution in [0.2, 0.25) is 0 Å². The minimum Gasteiger partial charge on any atom is -0.455 e. The van der Waals surface area contributed by atoms with Gasteiger partial charge < -0.3 is 44.1 Å². The van der Waals surface area contributed by atoms with E-state index in [9.17, 15) is 30.0 Å². The van der Waals surface area contributed by atoms with Gasteiger partial charge in [-0.25, -0.2) is 4.79 Å². The first kappa shape index (κ1) is 29.4. The molecule has 3 aliphatic carbocycles. The standard InChI is InChI=1S/C31H38O11/c1-14(2)30-23(39-25(34)18-11-9-8-10-12-18)16(4)31-19-13-15(3)22(38-17(5)32)29(19,37)26(35)27(6,36)21(33)20(31)24(30)40-28(7,41-30)42-31/h8-13,16,19-24,26,33,35-37H,1H2,2-7H3/t16-,19-,20+,21+,22+,23+,24-,26-,27-,28-,29-,30+,31+/m1/s1. The summed E-state index contributed by atoms with van der Waals surface area (Å²) in [4.78, 5) is 25.7. The van der Waals surface area contributed by atoms with Crippen molar-refractivity contribution in [2.75, 3.05) is 0 Å². The van der Waals surface area contributed by atoms with Crippen LogP contribution in [0.5, 0.6) is 0 Å². The third-order valence-corrected chi connectivity index (χ3v) is 10.3. The number of esters is 2. The number of ether oxygens (including phenoxy) is 5. The maximum Gasteiger partial charge on any atom is 0.338 e. The monoisotopic (exact) mass is 586 g/mol. The molecule has 11 heteroatoms. The van der Waals surface area contributed by atoms with Crippen LogP contribution in [0.1, 0.15) is 51.9 Å². The van der Waals surface area contributed by atoms with Crippen molar-refractivity contribution in [1.29, 1.82) is 0 Å². The molecule has 2 aliphatic heterocycles. The van der Waals surface area contributed by atoms with E-state index in [4.69, 9.17) is 23.7 Å². The van der Waals surface area contributed by atoms with Crippen molar-refractivity contribution in [3.63, 3.8) is 0 Å². The summed E-state index contributed by atoms with van der Waals surface area (Å²) in [5.74, 6) is -6.32. The van der Waals surface area contributed by atoms with Crippen molar-refractivity contribution < 1.29 is 53.7 Å². The van der Waals surface area contributed by atoms with Crippen LogP contribution >= 0.6 is 0 Å². The highest BCUT2D eigenvalue weighted by Gasteiger charge is 2.86. The molecule has 1 aromatic rings. The van der Waals surface area contributed by atoms with Crippen molar-refractivity contribution in [3.8, 4) is 0 Å². The molecule has 3 bridgehead atoms. The number of benzene rings is 1. The lowest BCUT2D eigenvalue weighted by Gasteiger charge is -2.62. The van der Waals surface area contributed by atoms with Crippen molar-refractivity contribution in [2.24, 2.45) is 17.8 Å². The Bertz CT molecular complexity index is 1370. The van der Waals surface area contributed by atoms with Crippen LogP contribution < -0.4 is 0 Å². The summed E-state index contributed by atoms with van der Waals surface area (Å²) in [6.45, 7) is 13.2. The van der Waals surface area contributed by atoms with E-state index in [1.165, 1.54) is 20.8 Å². The molecular formula is C31H38O11. The van der Waals surface area contributed by atoms with Crippen LogP contribution in [-0.4, -0.2) is 91.3 Å². The number of rotatable bonds is 4. The van der Waals surface area contributed by atoms with Gasteiger partial charge >= 0.3 is 11.9 Å². The molecule has 11 nitrogen and oxygen atoms in total. The molecule has 0 unspecified atom stereocenters. The number of fused-ring (bicyclic) bond motifs is 2. The van der Waals surface area contributed by atoms with Crippen LogP contribution in [-0.2, 0) is 28.5 Å². The van der Waals surface area contributed by atoms with Gasteiger partial charge in [-0.05, 0) is 44.1 Å². The SMILES string of the molecule is C=C(C)[C@@]12O[C@@]3(C)O[C@@H]1[C@@H]1[C@H](O)[C@@](C)(O)[C@@H](O)[C@@]4(O)[C@@H](C=C(C)[C@@H]4OC(C)=O)[C@@]1(O3)[C@H](C)[C@@H]2OC(=O)c1ccccc1. The number of carbonyl (C=O) groups is 2. The van der Waals surface area contributed by atoms with Gasteiger partial charge in [0.2, 0.25) is 0 Å². The van der Waals surface area contributed by atoms with Crippen LogP contribution in [0.15, 0.2) is 54.1 Å². The topological polar surface area (TPSA) is 161 Å². The predicted octanol–water partition coefficient (Wildman–Crippen LogP) is 1.38. The molecule has 6 rings (SSSR count). The van der Waals surface area contributed by atoms with Gasteiger partial charge in [0.25, 0.3) is 5.97 Å². The van der Waals surface area contributed by atoms with Crippen molar-refractivity contribution in [2.45, 2.75) is 100 Å². The molecule has 2 heterocycles. The zero-order chi connectivity index (χ0) is 30.8. The quantitative estimate of drug-likeness (QED) is 0.298. The second kappa shape index (κ2) is 8.95. The van der Waals surface area contributed by atoms with Gasteiger partial charge in [-0.2, -0.15) is 0 Å². The molecule has 2 saturated heterocycles. The lowest BCUT2D eigenvalue weighted by molar-refractivity contribution is -0.426. The number of aliphatic hydroxyl groups excluding tert-OH is 2. The van der Waals surface area contributed by atoms with E-state index in [1.54, 1.807) is 57.2 Å². The van der Waals surface area contributed by atoms with Crippen LogP contribution in [0.25, 0.3) is 0 Å². The molecule has 4 fully saturated rings. The summed E-state index contributed by atoms with van der Waals surface area (Å²) >= 11 is 0. The maximum atomic E-state index is 13.5. The first-order valence-electron chi connectivity index (χ1n) is 14.1. The zero-order valence-electron chi connectivity index (χ0n) is 24.4. The molecule has 4 N–H and O–H groups in total. The number of carbonyl (C=O) groups excluding carboxylic acids is 2. The molecule has 0 radical (unpaired) electrons. The molecule has 0 aromatic heterocycles. The van der Waals surface area contributed by atoms with E-state index < -0.39 is 88.6 Å². The largest absolute Gasteiger partial charge is 0.455 e. The smallest absolute Gasteiger partial charge is 0.338 e. The predicted molar refractivity (Wildman–Crippen MR) is 144 cm³/mol. The highest BCUT2D eigenvalue weighted by atomic mass is 16.9. The molecule has 228 valence electrons. The van der Waals surface area contributed by atoms with Crippen LogP contribution in [0, 0.1) is 17.8 Å². The highest BCUT2D eigenvalue weighted by molar-refractivity contribution is 5.89. The fraction of sp³-hybridized carbons (Fsp3) is 0.613. The lowest BCUT2D eigenvalue weighted by atomic mass is 9.52. The highest BCUT2D eigenvalue weighted by Crippen LogP contribution is 2.70. The minimum absolute atomic E-state index is 0.290. The fourth-order valence-electron chi connectivity index (χ4n) is 8.59. The number of hydrogen-bond donors (Lipinski definition) is 4. The molecule has 5 aliphatic rings. The Morgan fingerprint density at radius 3 is 2.26 bits per heavy atom. The van der Waals surface area contributed by atoms with Gasteiger partial charge in [-0.15, -0.1) is 0 Å². The van der Waals surface area contributed by atoms with Gasteiger partial charge in [0.15, 0.2) is 11.7 Å². The summed E-state index contributed by atoms with van der Waals surface area (Å²) in [5, 5.41) is 48.0. The summed E-state index contributed by atoms with van der Waals surface area (Å²) in [6.07, 6.45) is -5.74. The van der Waals surface area contributed by atoms with Crippen molar-refractivity contribution in [1.82, 2.24) is 0 Å². The van der Waals surface area contributed by atoms with E-state index in [0.717, 1.165) is 0 Å². The number of aliphatic hydroxyl groups is 4. The average molecular weight is 587 g/mol. The summed E-state index contributed by atoms with van der Waals surface area (Å²) in [6, 6.07) is 8.40. The van der Waals surface area contributed by atoms with E-state index >= 15 is 0 Å². The van der Waals surface area contributed by atoms with Crippen molar-refractivity contribution >= 4 is 11.9 Å². The Hall–Kier alpha value is -2.64. The Morgan fingerprint density at radius 1 is 1.02 bits per heavy atom. The zero-order valence-corrected chi connectivity index (χ0v) is 24.4. The first-order chi connectivity index (χ1) is 19.5. The van der Waals surface area contributed by atoms with E-state index in [1.807, 2.05) is 0 Å². The molecular weight excluding hydrogens is 548 g/mol. The minimum atomic E-state index is -2.37. The fourth-order valence-corrected chi connectivity index (χ4v) is 8.59. The summed E-state index contributed by atoms with van der Waals surface area (Å²) in [5.41, 5.74) is -6.82. The summed E-state index contributed by atoms with van der Waals surface area (Å²) in [7, 11) is 0. The van der Waals surface area contributed by atoms with Gasteiger partial charge in [-0.1, -0.05) is 37.8 Å². The Labute approximate surface area is 243 Å². The van der Waals surface area contributed by atoms with Gasteiger partial charge in [0.1, 0.15) is 29.5 Å². The molecule has 2 saturated carbocycles. The molecule has 13 atom stereocenters. The summed E-state index contributed by atoms with van der Waals surface area (Å²) < 4.78 is 31.4. The first-order valence-corrected chi connectivity index (χ1v) is 14.1. The van der Waals surface area contributed by atoms with Crippen LogP contribution in [0.3, 0.4) is 0 Å².